The number of thiophene rings is 1. The predicted octanol–water partition coefficient (Wildman–Crippen LogP) is 4.26. The zero-order chi connectivity index (χ0) is 29.5. The van der Waals surface area contributed by atoms with E-state index in [0.717, 1.165) is 10.4 Å². The summed E-state index contributed by atoms with van der Waals surface area (Å²) < 4.78 is 5.77. The van der Waals surface area contributed by atoms with Crippen molar-refractivity contribution in [1.82, 2.24) is 15.5 Å². The molecule has 1 aromatic heterocycles. The Bertz CT molecular complexity index is 1560. The highest BCUT2D eigenvalue weighted by atomic mass is 32.1. The van der Waals surface area contributed by atoms with Crippen LogP contribution in [0.2, 0.25) is 0 Å². The van der Waals surface area contributed by atoms with E-state index in [1.54, 1.807) is 40.6 Å². The molecule has 214 valence electrons. The van der Waals surface area contributed by atoms with Crippen LogP contribution in [-0.2, 0) is 16.1 Å². The van der Waals surface area contributed by atoms with Crippen molar-refractivity contribution in [3.05, 3.63) is 118 Å². The molecule has 3 amide bonds. The number of nitrogens with zero attached hydrogens (tertiary/aromatic N) is 1. The highest BCUT2D eigenvalue weighted by Gasteiger charge is 2.40. The lowest BCUT2D eigenvalue weighted by molar-refractivity contribution is -0.137. The van der Waals surface area contributed by atoms with Gasteiger partial charge in [-0.3, -0.25) is 19.8 Å². The maximum atomic E-state index is 13.4. The number of likely N-dealkylation sites (tertiary alicyclic amines) is 1. The van der Waals surface area contributed by atoms with E-state index in [0.29, 0.717) is 35.6 Å². The molecule has 5 rings (SSSR count). The second kappa shape index (κ2) is 13.1. The van der Waals surface area contributed by atoms with Gasteiger partial charge in [-0.25, -0.2) is 0 Å². The van der Waals surface area contributed by atoms with E-state index in [9.17, 15) is 14.4 Å². The van der Waals surface area contributed by atoms with Gasteiger partial charge in [0.05, 0.1) is 13.1 Å². The van der Waals surface area contributed by atoms with Crippen LogP contribution in [0.4, 0.5) is 0 Å². The first-order valence-corrected chi connectivity index (χ1v) is 14.4. The van der Waals surface area contributed by atoms with Gasteiger partial charge >= 0.3 is 0 Å². The summed E-state index contributed by atoms with van der Waals surface area (Å²) in [4.78, 5) is 41.9. The maximum Gasteiger partial charge on any atom is 0.251 e. The summed E-state index contributed by atoms with van der Waals surface area (Å²) >= 11 is 1.41. The molecule has 0 spiro atoms. The molecule has 1 saturated heterocycles. The van der Waals surface area contributed by atoms with Crippen LogP contribution in [0.5, 0.6) is 11.5 Å². The number of carbonyl (C=O) groups is 3. The number of hydrogen-bond donors (Lipinski definition) is 4. The fraction of sp³-hybridized carbons (Fsp3) is 0.188. The first kappa shape index (κ1) is 28.6. The molecule has 9 nitrogen and oxygen atoms in total. The molecule has 0 unspecified atom stereocenters. The fourth-order valence-corrected chi connectivity index (χ4v) is 5.72. The van der Waals surface area contributed by atoms with Gasteiger partial charge in [0.25, 0.3) is 5.91 Å². The van der Waals surface area contributed by atoms with Crippen LogP contribution in [0.25, 0.3) is 0 Å². The molecule has 5 N–H and O–H groups in total. The van der Waals surface area contributed by atoms with Crippen LogP contribution in [0, 0.1) is 5.41 Å². The van der Waals surface area contributed by atoms with Gasteiger partial charge in [-0.15, -0.1) is 11.3 Å². The second-order valence-corrected chi connectivity index (χ2v) is 11.0. The zero-order valence-corrected chi connectivity index (χ0v) is 23.6. The molecule has 2 atom stereocenters. The third-order valence-electron chi connectivity index (χ3n) is 7.09. The minimum atomic E-state index is -0.679. The van der Waals surface area contributed by atoms with Crippen LogP contribution >= 0.6 is 11.3 Å². The number of carbonyl (C=O) groups excluding carboxylic acids is 3. The molecule has 1 aliphatic heterocycles. The van der Waals surface area contributed by atoms with Gasteiger partial charge in [0.1, 0.15) is 23.4 Å². The molecule has 2 heterocycles. The monoisotopic (exact) mass is 581 g/mol. The van der Waals surface area contributed by atoms with Crippen LogP contribution in [0.15, 0.2) is 96.4 Å². The summed E-state index contributed by atoms with van der Waals surface area (Å²) in [6, 6.07) is 26.9. The SMILES string of the molecule is N=C(N)c1csc(CNC(=O)[C@@H]2C[C@H](c3ccccc3)CN2C(=O)CNC(=O)c2ccc(Oc3ccccc3)cc2)c1. The number of nitrogens with one attached hydrogen (secondary N) is 3. The van der Waals surface area contributed by atoms with Crippen LogP contribution in [-0.4, -0.2) is 47.6 Å². The number of ether oxygens (including phenoxy) is 1. The summed E-state index contributed by atoms with van der Waals surface area (Å²) in [6.45, 7) is 0.404. The van der Waals surface area contributed by atoms with E-state index in [4.69, 9.17) is 15.9 Å². The molecule has 3 aromatic carbocycles. The number of hydrogen-bond acceptors (Lipinski definition) is 6. The number of nitrogen functional groups attached to an aromatic ring is 1. The van der Waals surface area contributed by atoms with Crippen molar-refractivity contribution in [2.45, 2.75) is 24.9 Å². The van der Waals surface area contributed by atoms with Gasteiger partial charge in [0.2, 0.25) is 11.8 Å². The van der Waals surface area contributed by atoms with Crippen molar-refractivity contribution in [2.24, 2.45) is 5.73 Å². The van der Waals surface area contributed by atoms with E-state index >= 15 is 0 Å². The van der Waals surface area contributed by atoms with Gasteiger partial charge < -0.3 is 26.0 Å². The number of amidine groups is 1. The molecule has 4 aromatic rings. The van der Waals surface area contributed by atoms with E-state index in [1.807, 2.05) is 60.7 Å². The summed E-state index contributed by atoms with van der Waals surface area (Å²) in [5.74, 6) is 0.251. The Morgan fingerprint density at radius 3 is 2.24 bits per heavy atom. The largest absolute Gasteiger partial charge is 0.457 e. The first-order chi connectivity index (χ1) is 20.4. The topological polar surface area (TPSA) is 138 Å². The Balaban J connectivity index is 1.21. The Kier molecular flexibility index (Phi) is 8.93. The van der Waals surface area contributed by atoms with Gasteiger partial charge in [-0.2, -0.15) is 0 Å². The first-order valence-electron chi connectivity index (χ1n) is 13.5. The Labute approximate surface area is 247 Å². The molecule has 0 saturated carbocycles. The second-order valence-electron chi connectivity index (χ2n) is 9.96. The van der Waals surface area contributed by atoms with E-state index in [1.165, 1.54) is 11.3 Å². The minimum Gasteiger partial charge on any atom is -0.457 e. The average Bonchev–Trinajstić information content (AvgIpc) is 3.68. The molecular formula is C32H31N5O4S. The lowest BCUT2D eigenvalue weighted by Crippen LogP contribution is -2.48. The lowest BCUT2D eigenvalue weighted by Gasteiger charge is -2.24. The predicted molar refractivity (Wildman–Crippen MR) is 162 cm³/mol. The van der Waals surface area contributed by atoms with Gasteiger partial charge in [-0.1, -0.05) is 48.5 Å². The number of nitrogens with two attached hydrogens (primary N) is 1. The van der Waals surface area contributed by atoms with Gasteiger partial charge in [0, 0.05) is 33.8 Å². The molecular weight excluding hydrogens is 550 g/mol. The standard InChI is InChI=1S/C32H31N5O4S/c33-30(34)24-15-27(42-20-24)17-35-32(40)28-16-23(21-7-3-1-4-8-21)19-37(28)29(38)18-36-31(39)22-11-13-26(14-12-22)41-25-9-5-2-6-10-25/h1-15,20,23,28H,16-19H2,(H3,33,34)(H,35,40)(H,36,39)/t23-,28-/m0/s1. The van der Waals surface area contributed by atoms with Crippen LogP contribution < -0.4 is 21.1 Å². The summed E-state index contributed by atoms with van der Waals surface area (Å²) in [5, 5.41) is 15.0. The summed E-state index contributed by atoms with van der Waals surface area (Å²) in [6.07, 6.45) is 0.474. The molecule has 10 heteroatoms. The third kappa shape index (κ3) is 7.02. The van der Waals surface area contributed by atoms with Crippen LogP contribution in [0.1, 0.15) is 38.7 Å². The molecule has 42 heavy (non-hydrogen) atoms. The maximum absolute atomic E-state index is 13.4. The van der Waals surface area contributed by atoms with E-state index in [-0.39, 0.29) is 36.7 Å². The van der Waals surface area contributed by atoms with Crippen molar-refractivity contribution >= 4 is 34.9 Å². The number of benzene rings is 3. The minimum absolute atomic E-state index is 0.00943. The lowest BCUT2D eigenvalue weighted by atomic mass is 9.96. The summed E-state index contributed by atoms with van der Waals surface area (Å²) in [5.41, 5.74) is 7.60. The fourth-order valence-electron chi connectivity index (χ4n) is 4.89. The Morgan fingerprint density at radius 1 is 0.905 bits per heavy atom. The zero-order valence-electron chi connectivity index (χ0n) is 22.8. The smallest absolute Gasteiger partial charge is 0.251 e. The molecule has 0 radical (unpaired) electrons. The number of rotatable bonds is 10. The average molecular weight is 582 g/mol. The quantitative estimate of drug-likeness (QED) is 0.164. The van der Waals surface area contributed by atoms with Crippen molar-refractivity contribution in [2.75, 3.05) is 13.1 Å². The third-order valence-corrected chi connectivity index (χ3v) is 8.03. The van der Waals surface area contributed by atoms with Crippen molar-refractivity contribution in [3.63, 3.8) is 0 Å². The van der Waals surface area contributed by atoms with Gasteiger partial charge in [0.15, 0.2) is 0 Å². The van der Waals surface area contributed by atoms with Gasteiger partial charge in [-0.05, 0) is 54.4 Å². The molecule has 0 bridgehead atoms. The summed E-state index contributed by atoms with van der Waals surface area (Å²) in [7, 11) is 0. The highest BCUT2D eigenvalue weighted by molar-refractivity contribution is 7.10. The van der Waals surface area contributed by atoms with E-state index in [2.05, 4.69) is 10.6 Å². The van der Waals surface area contributed by atoms with Crippen molar-refractivity contribution < 1.29 is 19.1 Å². The number of para-hydroxylation sites is 1. The van der Waals surface area contributed by atoms with Crippen molar-refractivity contribution in [1.29, 1.82) is 5.41 Å². The molecule has 0 aliphatic carbocycles. The van der Waals surface area contributed by atoms with E-state index < -0.39 is 11.9 Å². The Morgan fingerprint density at radius 2 is 1.57 bits per heavy atom. The highest BCUT2D eigenvalue weighted by Crippen LogP contribution is 2.32. The van der Waals surface area contributed by atoms with Crippen LogP contribution in [0.3, 0.4) is 0 Å². The Hall–Kier alpha value is -4.96. The molecule has 1 aliphatic rings. The number of amides is 3. The normalized spacial score (nSPS) is 16.0. The molecule has 1 fully saturated rings. The van der Waals surface area contributed by atoms with Crippen molar-refractivity contribution in [3.8, 4) is 11.5 Å².